The van der Waals surface area contributed by atoms with Crippen LogP contribution in [0, 0.1) is 0 Å². The molecule has 0 radical (unpaired) electrons. The second kappa shape index (κ2) is 6.34. The summed E-state index contributed by atoms with van der Waals surface area (Å²) in [5, 5.41) is 1.72. The van der Waals surface area contributed by atoms with Crippen LogP contribution in [0.5, 0.6) is 0 Å². The van der Waals surface area contributed by atoms with Crippen LogP contribution in [0.15, 0.2) is 11.4 Å². The molecule has 0 saturated heterocycles. The van der Waals surface area contributed by atoms with Gasteiger partial charge in [0, 0.05) is 10.9 Å². The first-order valence-corrected chi connectivity index (χ1v) is 3.28. The van der Waals surface area contributed by atoms with Gasteiger partial charge in [0.25, 0.3) is 0 Å². The van der Waals surface area contributed by atoms with Gasteiger partial charge in [-0.1, -0.05) is 11.6 Å². The molecule has 1 rings (SSSR count). The van der Waals surface area contributed by atoms with Gasteiger partial charge in [-0.25, -0.2) is 0 Å². The van der Waals surface area contributed by atoms with Gasteiger partial charge in [-0.05, 0) is 6.07 Å². The Labute approximate surface area is 89.8 Å². The molecule has 0 bridgehead atoms. The molecule has 52 valence electrons. The van der Waals surface area contributed by atoms with E-state index in [1.165, 1.54) is 11.3 Å². The number of hydrogen-bond acceptors (Lipinski definition) is 2. The molecule has 0 spiro atoms. The fourth-order valence-electron chi connectivity index (χ4n) is 0.385. The van der Waals surface area contributed by atoms with Gasteiger partial charge in [0.2, 0.25) is 0 Å². The van der Waals surface area contributed by atoms with Gasteiger partial charge in [0.1, 0.15) is 0 Å². The molecule has 0 amide bonds. The molecule has 10 heavy (non-hydrogen) atoms. The first kappa shape index (κ1) is 13.2. The fourth-order valence-corrected chi connectivity index (χ4v) is 1.22. The van der Waals surface area contributed by atoms with Gasteiger partial charge in [-0.15, -0.1) is 11.3 Å². The summed E-state index contributed by atoms with van der Waals surface area (Å²) in [6.07, 6.45) is 0.780. The number of hydrogen-bond donors (Lipinski definition) is 0. The van der Waals surface area contributed by atoms with Crippen LogP contribution in [0.4, 0.5) is 0 Å². The molecule has 2 nitrogen and oxygen atoms in total. The number of rotatable bonds is 1. The first-order valence-electron chi connectivity index (χ1n) is 2.02. The second-order valence-electron chi connectivity index (χ2n) is 1.30. The molecule has 0 fully saturated rings. The fraction of sp³-hybridized carbons (Fsp3) is 0. The van der Waals surface area contributed by atoms with Crippen LogP contribution in [0.25, 0.3) is 0 Å². The van der Waals surface area contributed by atoms with Gasteiger partial charge in [0.15, 0.2) is 6.29 Å². The summed E-state index contributed by atoms with van der Waals surface area (Å²) in [5.41, 5.74) is 0.653. The topological polar surface area (TPSA) is 48.6 Å². The number of aldehydes is 1. The molecule has 0 aromatic carbocycles. The molecule has 1 heterocycles. The SMILES string of the molecule is O.O=Cc1csc(Cl)c1.[NaH]. The molecule has 0 aliphatic rings. The molecule has 0 unspecified atom stereocenters. The Balaban J connectivity index is 0. The monoisotopic (exact) mass is 188 g/mol. The molecule has 2 N–H and O–H groups in total. The Morgan fingerprint density at radius 2 is 2.20 bits per heavy atom. The molecule has 0 aliphatic heterocycles. The average Bonchev–Trinajstić information content (AvgIpc) is 2.14. The van der Waals surface area contributed by atoms with Crippen molar-refractivity contribution in [1.82, 2.24) is 0 Å². The minimum atomic E-state index is 0. The number of carbonyl (C=O) groups excluding carboxylic acids is 1. The molecule has 5 heteroatoms. The molecule has 0 atom stereocenters. The maximum absolute atomic E-state index is 9.97. The van der Waals surface area contributed by atoms with E-state index in [-0.39, 0.29) is 35.0 Å². The molecular formula is C5H6ClNaO2S. The van der Waals surface area contributed by atoms with Gasteiger partial charge < -0.3 is 5.48 Å². The summed E-state index contributed by atoms with van der Waals surface area (Å²) in [5.74, 6) is 0. The summed E-state index contributed by atoms with van der Waals surface area (Å²) in [6, 6.07) is 1.64. The van der Waals surface area contributed by atoms with Crippen molar-refractivity contribution in [2.45, 2.75) is 0 Å². The summed E-state index contributed by atoms with van der Waals surface area (Å²) in [4.78, 5) is 9.97. The van der Waals surface area contributed by atoms with E-state index >= 15 is 0 Å². The molecule has 1 aromatic rings. The first-order chi connectivity index (χ1) is 3.83. The van der Waals surface area contributed by atoms with E-state index in [1.807, 2.05) is 0 Å². The van der Waals surface area contributed by atoms with Crippen LogP contribution >= 0.6 is 22.9 Å². The molecular weight excluding hydrogens is 183 g/mol. The van der Waals surface area contributed by atoms with E-state index < -0.39 is 0 Å². The molecule has 1 aromatic heterocycles. The van der Waals surface area contributed by atoms with Crippen LogP contribution in [-0.2, 0) is 0 Å². The van der Waals surface area contributed by atoms with E-state index in [0.29, 0.717) is 9.90 Å². The van der Waals surface area contributed by atoms with E-state index in [0.717, 1.165) is 6.29 Å². The predicted octanol–water partition coefficient (Wildman–Crippen LogP) is 0.741. The predicted molar refractivity (Wildman–Crippen MR) is 45.5 cm³/mol. The quantitative estimate of drug-likeness (QED) is 0.474. The van der Waals surface area contributed by atoms with Gasteiger partial charge >= 0.3 is 29.6 Å². The van der Waals surface area contributed by atoms with Crippen LogP contribution in [0.3, 0.4) is 0 Å². The Morgan fingerprint density at radius 1 is 1.60 bits per heavy atom. The number of carbonyl (C=O) groups is 1. The van der Waals surface area contributed by atoms with Crippen molar-refractivity contribution >= 4 is 58.8 Å². The third-order valence-corrected chi connectivity index (χ3v) is 1.83. The average molecular weight is 189 g/mol. The van der Waals surface area contributed by atoms with E-state index in [4.69, 9.17) is 11.6 Å². The van der Waals surface area contributed by atoms with Crippen molar-refractivity contribution in [2.24, 2.45) is 0 Å². The molecule has 0 aliphatic carbocycles. The number of thiophene rings is 1. The minimum absolute atomic E-state index is 0. The summed E-state index contributed by atoms with van der Waals surface area (Å²) in [6.45, 7) is 0. The van der Waals surface area contributed by atoms with Crippen molar-refractivity contribution in [3.8, 4) is 0 Å². The third kappa shape index (κ3) is 3.71. The Hall–Kier alpha value is 0.620. The Morgan fingerprint density at radius 3 is 2.40 bits per heavy atom. The van der Waals surface area contributed by atoms with Crippen molar-refractivity contribution in [3.63, 3.8) is 0 Å². The van der Waals surface area contributed by atoms with Gasteiger partial charge in [-0.2, -0.15) is 0 Å². The summed E-state index contributed by atoms with van der Waals surface area (Å²) in [7, 11) is 0. The second-order valence-corrected chi connectivity index (χ2v) is 2.84. The Kier molecular flexibility index (Phi) is 8.38. The zero-order chi connectivity index (χ0) is 5.98. The zero-order valence-corrected chi connectivity index (χ0v) is 6.00. The summed E-state index contributed by atoms with van der Waals surface area (Å²) >= 11 is 6.86. The van der Waals surface area contributed by atoms with Crippen molar-refractivity contribution in [2.75, 3.05) is 0 Å². The van der Waals surface area contributed by atoms with E-state index in [1.54, 1.807) is 11.4 Å². The van der Waals surface area contributed by atoms with E-state index in [2.05, 4.69) is 0 Å². The van der Waals surface area contributed by atoms with Gasteiger partial charge in [0.05, 0.1) is 4.34 Å². The standard InChI is InChI=1S/C5H3ClOS.Na.H2O.H/c6-5-1-4(2-7)3-8-5;;;/h1-3H;;1H2;. The van der Waals surface area contributed by atoms with Crippen molar-refractivity contribution < 1.29 is 10.3 Å². The maximum atomic E-state index is 9.97. The van der Waals surface area contributed by atoms with Crippen LogP contribution in [-0.4, -0.2) is 41.3 Å². The van der Waals surface area contributed by atoms with Crippen molar-refractivity contribution in [3.05, 3.63) is 21.3 Å². The third-order valence-electron chi connectivity index (χ3n) is 0.724. The van der Waals surface area contributed by atoms with Crippen LogP contribution < -0.4 is 0 Å². The van der Waals surface area contributed by atoms with Crippen LogP contribution in [0.2, 0.25) is 4.34 Å². The zero-order valence-electron chi connectivity index (χ0n) is 4.43. The van der Waals surface area contributed by atoms with E-state index in [9.17, 15) is 4.79 Å². The van der Waals surface area contributed by atoms with Gasteiger partial charge in [-0.3, -0.25) is 4.79 Å². The van der Waals surface area contributed by atoms with Crippen LogP contribution in [0.1, 0.15) is 10.4 Å². The van der Waals surface area contributed by atoms with Crippen molar-refractivity contribution in [1.29, 1.82) is 0 Å². The molecule has 0 saturated carbocycles. The normalized spacial score (nSPS) is 7.30. The summed E-state index contributed by atoms with van der Waals surface area (Å²) < 4.78 is 0.659. The Bertz CT molecular complexity index is 201. The number of halogens is 1.